The third-order valence-corrected chi connectivity index (χ3v) is 9.31. The van der Waals surface area contributed by atoms with Crippen molar-refractivity contribution in [3.8, 4) is 0 Å². The zero-order valence-electron chi connectivity index (χ0n) is 30.6. The molecule has 4 atom stereocenters. The van der Waals surface area contributed by atoms with E-state index < -0.39 is 65.9 Å². The Bertz CT molecular complexity index is 1520. The van der Waals surface area contributed by atoms with Crippen molar-refractivity contribution in [1.29, 1.82) is 0 Å². The van der Waals surface area contributed by atoms with Gasteiger partial charge in [-0.25, -0.2) is 0 Å². The molecule has 0 spiro atoms. The molecule has 15 nitrogen and oxygen atoms in total. The lowest BCUT2D eigenvalue weighted by Crippen LogP contribution is -2.61. The predicted octanol–water partition coefficient (Wildman–Crippen LogP) is 0.549. The van der Waals surface area contributed by atoms with Crippen LogP contribution in [0.2, 0.25) is 0 Å². The topological polar surface area (TPSA) is 246 Å². The van der Waals surface area contributed by atoms with Crippen LogP contribution in [0, 0.1) is 5.92 Å². The van der Waals surface area contributed by atoms with Crippen LogP contribution in [0.5, 0.6) is 0 Å². The molecule has 1 saturated heterocycles. The molecule has 0 aliphatic carbocycles. The second kappa shape index (κ2) is 21.0. The maximum Gasteiger partial charge on any atom is 0.323 e. The smallest absolute Gasteiger partial charge is 0.323 e. The SMILES string of the molecule is CC(C)C[C@@H](NC(=O)[C@@H](Cc1ccccc1)NC(=O)[C@@H](Cc1ccccc1)NCC(=O)O)C(=O)N[C@H](CCCCN)C(=O)N1CCC(N)(C(=O)O)CC1. The van der Waals surface area contributed by atoms with Crippen LogP contribution in [0.4, 0.5) is 0 Å². The summed E-state index contributed by atoms with van der Waals surface area (Å²) in [6, 6.07) is 13.9. The van der Waals surface area contributed by atoms with E-state index in [0.717, 1.165) is 11.1 Å². The lowest BCUT2D eigenvalue weighted by molar-refractivity contribution is -0.148. The van der Waals surface area contributed by atoms with E-state index in [2.05, 4.69) is 21.3 Å². The quantitative estimate of drug-likeness (QED) is 0.0822. The van der Waals surface area contributed by atoms with Crippen molar-refractivity contribution in [2.45, 2.75) is 94.9 Å². The number of rotatable bonds is 21. The molecule has 1 aliphatic rings. The average Bonchev–Trinajstić information content (AvgIpc) is 3.12. The highest BCUT2D eigenvalue weighted by Crippen LogP contribution is 2.21. The Morgan fingerprint density at radius 2 is 1.23 bits per heavy atom. The van der Waals surface area contributed by atoms with Gasteiger partial charge in [-0.15, -0.1) is 0 Å². The van der Waals surface area contributed by atoms with Gasteiger partial charge in [0.05, 0.1) is 12.6 Å². The first-order chi connectivity index (χ1) is 25.2. The number of aliphatic carboxylic acids is 2. The van der Waals surface area contributed by atoms with Crippen LogP contribution in [0.3, 0.4) is 0 Å². The third-order valence-electron chi connectivity index (χ3n) is 9.31. The fraction of sp³-hybridized carbons (Fsp3) is 0.526. The first-order valence-electron chi connectivity index (χ1n) is 18.2. The van der Waals surface area contributed by atoms with E-state index in [1.54, 1.807) is 36.4 Å². The van der Waals surface area contributed by atoms with Crippen molar-refractivity contribution in [1.82, 2.24) is 26.2 Å². The molecule has 290 valence electrons. The van der Waals surface area contributed by atoms with Crippen molar-refractivity contribution < 1.29 is 39.0 Å². The maximum atomic E-state index is 14.1. The minimum Gasteiger partial charge on any atom is -0.480 e. The van der Waals surface area contributed by atoms with Crippen LogP contribution in [0.25, 0.3) is 0 Å². The normalized spacial score (nSPS) is 16.1. The molecule has 53 heavy (non-hydrogen) atoms. The number of likely N-dealkylation sites (tertiary alicyclic amines) is 1. The molecule has 0 aromatic heterocycles. The minimum absolute atomic E-state index is 0.0501. The van der Waals surface area contributed by atoms with Gasteiger partial charge >= 0.3 is 11.9 Å². The number of benzene rings is 2. The Labute approximate surface area is 310 Å². The van der Waals surface area contributed by atoms with E-state index in [4.69, 9.17) is 11.5 Å². The molecule has 15 heteroatoms. The highest BCUT2D eigenvalue weighted by atomic mass is 16.4. The van der Waals surface area contributed by atoms with Gasteiger partial charge in [0.15, 0.2) is 0 Å². The zero-order chi connectivity index (χ0) is 39.0. The van der Waals surface area contributed by atoms with Gasteiger partial charge in [-0.1, -0.05) is 74.5 Å². The molecule has 0 saturated carbocycles. The number of carbonyl (C=O) groups is 6. The first kappa shape index (κ1) is 42.6. The van der Waals surface area contributed by atoms with Crippen molar-refractivity contribution in [3.63, 3.8) is 0 Å². The molecule has 0 unspecified atom stereocenters. The highest BCUT2D eigenvalue weighted by molar-refractivity contribution is 5.95. The number of hydrogen-bond donors (Lipinski definition) is 8. The first-order valence-corrected chi connectivity index (χ1v) is 18.2. The molecular weight excluding hydrogens is 682 g/mol. The van der Waals surface area contributed by atoms with Gasteiger partial charge in [0.2, 0.25) is 23.6 Å². The molecule has 1 aliphatic heterocycles. The number of piperidine rings is 1. The summed E-state index contributed by atoms with van der Waals surface area (Å²) in [7, 11) is 0. The van der Waals surface area contributed by atoms with Gasteiger partial charge in [-0.05, 0) is 68.5 Å². The molecule has 0 bridgehead atoms. The minimum atomic E-state index is -1.43. The number of nitrogens with one attached hydrogen (secondary N) is 4. The standard InChI is InChI=1S/C38H55N7O8/c1-25(2)21-30(34(49)42-28(15-9-10-18-39)36(51)45-19-16-38(40,17-20-45)37(52)53)43-35(50)31(23-27-13-7-4-8-14-27)44-33(48)29(41-24-32(46)47)22-26-11-5-3-6-12-26/h3-8,11-14,25,28-31,41H,9-10,15-24,39-40H2,1-2H3,(H,42,49)(H,43,50)(H,44,48)(H,46,47)(H,52,53)/t28-,29-,30-,31-/m1/s1. The molecule has 2 aromatic rings. The second-order valence-electron chi connectivity index (χ2n) is 14.1. The molecule has 3 rings (SSSR count). The zero-order valence-corrected chi connectivity index (χ0v) is 30.6. The lowest BCUT2D eigenvalue weighted by Gasteiger charge is -2.38. The maximum absolute atomic E-state index is 14.1. The molecule has 0 radical (unpaired) electrons. The van der Waals surface area contributed by atoms with Crippen molar-refractivity contribution in [3.05, 3.63) is 71.8 Å². The number of carboxylic acids is 2. The average molecular weight is 738 g/mol. The predicted molar refractivity (Wildman–Crippen MR) is 198 cm³/mol. The van der Waals surface area contributed by atoms with E-state index in [0.29, 0.717) is 19.4 Å². The Morgan fingerprint density at radius 1 is 0.736 bits per heavy atom. The van der Waals surface area contributed by atoms with E-state index in [1.165, 1.54) is 4.90 Å². The summed E-state index contributed by atoms with van der Waals surface area (Å²) in [6.45, 7) is 3.92. The van der Waals surface area contributed by atoms with Crippen molar-refractivity contribution >= 4 is 35.6 Å². The molecule has 10 N–H and O–H groups in total. The van der Waals surface area contributed by atoms with Crippen LogP contribution in [0.15, 0.2) is 60.7 Å². The summed E-state index contributed by atoms with van der Waals surface area (Å²) in [5.41, 5.74) is 11.8. The number of amides is 4. The third kappa shape index (κ3) is 13.9. The van der Waals surface area contributed by atoms with E-state index in [9.17, 15) is 39.0 Å². The largest absolute Gasteiger partial charge is 0.480 e. The summed E-state index contributed by atoms with van der Waals surface area (Å²) in [4.78, 5) is 80.0. The van der Waals surface area contributed by atoms with E-state index in [1.807, 2.05) is 38.1 Å². The summed E-state index contributed by atoms with van der Waals surface area (Å²) >= 11 is 0. The van der Waals surface area contributed by atoms with Crippen LogP contribution < -0.4 is 32.7 Å². The summed E-state index contributed by atoms with van der Waals surface area (Å²) < 4.78 is 0. The Morgan fingerprint density at radius 3 is 1.74 bits per heavy atom. The number of unbranched alkanes of at least 4 members (excludes halogenated alkanes) is 1. The monoisotopic (exact) mass is 737 g/mol. The van der Waals surface area contributed by atoms with Gasteiger partial charge in [0.25, 0.3) is 0 Å². The second-order valence-corrected chi connectivity index (χ2v) is 14.1. The van der Waals surface area contributed by atoms with Crippen molar-refractivity contribution in [2.24, 2.45) is 17.4 Å². The van der Waals surface area contributed by atoms with Gasteiger partial charge in [0, 0.05) is 19.5 Å². The van der Waals surface area contributed by atoms with Crippen molar-refractivity contribution in [2.75, 3.05) is 26.2 Å². The Hall–Kier alpha value is -4.86. The van der Waals surface area contributed by atoms with Crippen LogP contribution >= 0.6 is 0 Å². The highest BCUT2D eigenvalue weighted by Gasteiger charge is 2.40. The summed E-state index contributed by atoms with van der Waals surface area (Å²) in [5.74, 6) is -4.50. The molecule has 2 aromatic carbocycles. The van der Waals surface area contributed by atoms with E-state index in [-0.39, 0.29) is 63.4 Å². The van der Waals surface area contributed by atoms with Gasteiger partial charge in [-0.3, -0.25) is 34.1 Å². The molecule has 4 amide bonds. The van der Waals surface area contributed by atoms with E-state index >= 15 is 0 Å². The summed E-state index contributed by atoms with van der Waals surface area (Å²) in [6.07, 6.45) is 2.05. The summed E-state index contributed by atoms with van der Waals surface area (Å²) in [5, 5.41) is 30.1. The van der Waals surface area contributed by atoms with Crippen LogP contribution in [-0.2, 0) is 41.6 Å². The fourth-order valence-electron chi connectivity index (χ4n) is 6.21. The number of carboxylic acid groups (broad SMARTS) is 2. The van der Waals surface area contributed by atoms with Crippen LogP contribution in [-0.4, -0.2) is 107 Å². The van der Waals surface area contributed by atoms with Gasteiger partial charge in [-0.2, -0.15) is 0 Å². The number of carbonyl (C=O) groups excluding carboxylic acids is 4. The molecular formula is C38H55N7O8. The number of nitrogens with zero attached hydrogens (tertiary/aromatic N) is 1. The van der Waals surface area contributed by atoms with Crippen LogP contribution in [0.1, 0.15) is 63.5 Å². The Balaban J connectivity index is 1.83. The number of hydrogen-bond acceptors (Lipinski definition) is 9. The van der Waals surface area contributed by atoms with Gasteiger partial charge < -0.3 is 42.5 Å². The number of nitrogens with two attached hydrogens (primary N) is 2. The Kier molecular flexibility index (Phi) is 16.9. The molecule has 1 heterocycles. The molecule has 1 fully saturated rings. The fourth-order valence-corrected chi connectivity index (χ4v) is 6.21. The van der Waals surface area contributed by atoms with Gasteiger partial charge in [0.1, 0.15) is 23.7 Å². The lowest BCUT2D eigenvalue weighted by atomic mass is 9.88.